The Kier molecular flexibility index (Phi) is 5.83. The molecule has 0 saturated carbocycles. The number of rotatable bonds is 3. The van der Waals surface area contributed by atoms with Crippen LogP contribution in [0.15, 0.2) is 96.6 Å². The zero-order chi connectivity index (χ0) is 19.2. The van der Waals surface area contributed by atoms with Gasteiger partial charge >= 0.3 is 0 Å². The molecule has 0 spiro atoms. The largest absolute Gasteiger partial charge is 0.289 e. The summed E-state index contributed by atoms with van der Waals surface area (Å²) in [5, 5.41) is 0. The predicted molar refractivity (Wildman–Crippen MR) is 115 cm³/mol. The minimum absolute atomic E-state index is 0.105. The summed E-state index contributed by atoms with van der Waals surface area (Å²) in [5.41, 5.74) is 6.71. The topological polar surface area (TPSA) is 17.1 Å². The lowest BCUT2D eigenvalue weighted by Gasteiger charge is -2.09. The second-order valence-corrected chi connectivity index (χ2v) is 6.18. The van der Waals surface area contributed by atoms with Gasteiger partial charge in [0.15, 0.2) is 5.78 Å². The Labute approximate surface area is 161 Å². The van der Waals surface area contributed by atoms with Crippen LogP contribution in [0, 0.1) is 0 Å². The molecule has 0 amide bonds. The van der Waals surface area contributed by atoms with Crippen LogP contribution in [-0.2, 0) is 4.79 Å². The number of Topliss-reactive ketones (excluding diaryl/α,β-unsaturated/α-hetero) is 1. The molecule has 0 unspecified atom stereocenters. The number of carbonyl (C=O) groups excluding carboxylic acids is 1. The van der Waals surface area contributed by atoms with E-state index < -0.39 is 0 Å². The molecule has 27 heavy (non-hydrogen) atoms. The van der Waals surface area contributed by atoms with Crippen LogP contribution in [0.3, 0.4) is 0 Å². The van der Waals surface area contributed by atoms with Crippen molar-refractivity contribution < 1.29 is 4.79 Å². The SMILES string of the molecule is CC.CC1=C(c2ccccc2)C(=O)C(c2ccccc2)=C1c1ccccc1. The maximum absolute atomic E-state index is 13.4. The molecule has 0 aliphatic heterocycles. The van der Waals surface area contributed by atoms with Crippen molar-refractivity contribution in [3.8, 4) is 0 Å². The molecule has 1 aliphatic carbocycles. The van der Waals surface area contributed by atoms with Crippen LogP contribution in [0.25, 0.3) is 16.7 Å². The third kappa shape index (κ3) is 3.54. The molecule has 1 heteroatoms. The summed E-state index contributed by atoms with van der Waals surface area (Å²) in [6, 6.07) is 30.1. The first-order valence-electron chi connectivity index (χ1n) is 9.44. The number of hydrogen-bond donors (Lipinski definition) is 0. The smallest absolute Gasteiger partial charge is 0.195 e. The lowest BCUT2D eigenvalue weighted by atomic mass is 9.94. The van der Waals surface area contributed by atoms with Gasteiger partial charge in [0, 0.05) is 11.1 Å². The van der Waals surface area contributed by atoms with Gasteiger partial charge in [0.1, 0.15) is 0 Å². The van der Waals surface area contributed by atoms with Crippen LogP contribution in [-0.4, -0.2) is 5.78 Å². The van der Waals surface area contributed by atoms with Crippen LogP contribution in [0.2, 0.25) is 0 Å². The van der Waals surface area contributed by atoms with Gasteiger partial charge in [-0.1, -0.05) is 105 Å². The average Bonchev–Trinajstić information content (AvgIpc) is 3.01. The van der Waals surface area contributed by atoms with E-state index in [-0.39, 0.29) is 5.78 Å². The average molecular weight is 352 g/mol. The van der Waals surface area contributed by atoms with Crippen molar-refractivity contribution in [1.82, 2.24) is 0 Å². The van der Waals surface area contributed by atoms with E-state index in [1.165, 1.54) is 0 Å². The quantitative estimate of drug-likeness (QED) is 0.514. The van der Waals surface area contributed by atoms with Crippen LogP contribution >= 0.6 is 0 Å². The molecule has 3 aromatic carbocycles. The first-order valence-corrected chi connectivity index (χ1v) is 9.44. The molecule has 0 radical (unpaired) electrons. The van der Waals surface area contributed by atoms with Crippen LogP contribution < -0.4 is 0 Å². The highest BCUT2D eigenvalue weighted by molar-refractivity contribution is 6.52. The zero-order valence-electron chi connectivity index (χ0n) is 16.1. The Morgan fingerprint density at radius 2 is 0.815 bits per heavy atom. The molecule has 0 fully saturated rings. The van der Waals surface area contributed by atoms with Crippen LogP contribution in [0.5, 0.6) is 0 Å². The molecular formula is C26H24O. The predicted octanol–water partition coefficient (Wildman–Crippen LogP) is 6.68. The third-order valence-corrected chi connectivity index (χ3v) is 4.64. The van der Waals surface area contributed by atoms with Gasteiger partial charge in [-0.05, 0) is 34.8 Å². The van der Waals surface area contributed by atoms with Crippen molar-refractivity contribution in [1.29, 1.82) is 0 Å². The maximum atomic E-state index is 13.4. The summed E-state index contributed by atoms with van der Waals surface area (Å²) in [5.74, 6) is 0.105. The highest BCUT2D eigenvalue weighted by atomic mass is 16.1. The van der Waals surface area contributed by atoms with Gasteiger partial charge in [0.25, 0.3) is 0 Å². The van der Waals surface area contributed by atoms with E-state index >= 15 is 0 Å². The van der Waals surface area contributed by atoms with Crippen molar-refractivity contribution >= 4 is 22.5 Å². The van der Waals surface area contributed by atoms with Crippen LogP contribution in [0.1, 0.15) is 37.5 Å². The number of allylic oxidation sites excluding steroid dienone is 4. The van der Waals surface area contributed by atoms with Gasteiger partial charge in [-0.15, -0.1) is 0 Å². The third-order valence-electron chi connectivity index (χ3n) is 4.64. The fourth-order valence-electron chi connectivity index (χ4n) is 3.52. The normalized spacial score (nSPS) is 13.5. The minimum atomic E-state index is 0.105. The van der Waals surface area contributed by atoms with Gasteiger partial charge in [-0.25, -0.2) is 0 Å². The van der Waals surface area contributed by atoms with Crippen LogP contribution in [0.4, 0.5) is 0 Å². The summed E-state index contributed by atoms with van der Waals surface area (Å²) in [6.07, 6.45) is 0. The molecule has 0 heterocycles. The van der Waals surface area contributed by atoms with E-state index in [9.17, 15) is 4.79 Å². The van der Waals surface area contributed by atoms with Crippen molar-refractivity contribution in [3.05, 3.63) is 113 Å². The Bertz CT molecular complexity index is 978. The van der Waals surface area contributed by atoms with E-state index in [1.807, 2.05) is 92.7 Å². The van der Waals surface area contributed by atoms with Crippen molar-refractivity contribution in [2.75, 3.05) is 0 Å². The highest BCUT2D eigenvalue weighted by Crippen LogP contribution is 2.44. The van der Waals surface area contributed by atoms with Gasteiger partial charge in [-0.2, -0.15) is 0 Å². The number of hydrogen-bond acceptors (Lipinski definition) is 1. The van der Waals surface area contributed by atoms with Crippen molar-refractivity contribution in [2.45, 2.75) is 20.8 Å². The Balaban J connectivity index is 0.00000102. The summed E-state index contributed by atoms with van der Waals surface area (Å²) in [6.45, 7) is 6.05. The van der Waals surface area contributed by atoms with E-state index in [1.54, 1.807) is 0 Å². The standard InChI is InChI=1S/C24H18O.C2H6/c1-17-21(18-11-5-2-6-12-18)23(20-15-9-4-10-16-20)24(25)22(17)19-13-7-3-8-14-19;1-2/h2-16H,1H3;1-2H3. The fourth-order valence-corrected chi connectivity index (χ4v) is 3.52. The molecule has 0 saturated heterocycles. The molecule has 1 nitrogen and oxygen atoms in total. The number of carbonyl (C=O) groups is 1. The first kappa shape index (κ1) is 18.6. The van der Waals surface area contributed by atoms with Gasteiger partial charge in [-0.3, -0.25) is 4.79 Å². The van der Waals surface area contributed by atoms with Crippen molar-refractivity contribution in [2.24, 2.45) is 0 Å². The van der Waals surface area contributed by atoms with E-state index in [4.69, 9.17) is 0 Å². The number of benzene rings is 3. The summed E-state index contributed by atoms with van der Waals surface area (Å²) in [7, 11) is 0. The summed E-state index contributed by atoms with van der Waals surface area (Å²) in [4.78, 5) is 13.4. The molecular weight excluding hydrogens is 328 g/mol. The van der Waals surface area contributed by atoms with E-state index in [0.29, 0.717) is 0 Å². The van der Waals surface area contributed by atoms with Gasteiger partial charge in [0.05, 0.1) is 0 Å². The molecule has 4 rings (SSSR count). The lowest BCUT2D eigenvalue weighted by Crippen LogP contribution is -2.01. The zero-order valence-corrected chi connectivity index (χ0v) is 16.1. The molecule has 0 N–H and O–H groups in total. The highest BCUT2D eigenvalue weighted by Gasteiger charge is 2.32. The van der Waals surface area contributed by atoms with E-state index in [2.05, 4.69) is 19.1 Å². The van der Waals surface area contributed by atoms with Crippen molar-refractivity contribution in [3.63, 3.8) is 0 Å². The first-order chi connectivity index (χ1) is 13.3. The van der Waals surface area contributed by atoms with Gasteiger partial charge < -0.3 is 0 Å². The summed E-state index contributed by atoms with van der Waals surface area (Å²) < 4.78 is 0. The fraction of sp³-hybridized carbons (Fsp3) is 0.115. The lowest BCUT2D eigenvalue weighted by molar-refractivity contribution is -0.108. The van der Waals surface area contributed by atoms with Gasteiger partial charge in [0.2, 0.25) is 0 Å². The minimum Gasteiger partial charge on any atom is -0.289 e. The Morgan fingerprint density at radius 1 is 0.481 bits per heavy atom. The van der Waals surface area contributed by atoms with E-state index in [0.717, 1.165) is 39.0 Å². The molecule has 1 aliphatic rings. The molecule has 134 valence electrons. The molecule has 0 bridgehead atoms. The molecule has 0 atom stereocenters. The molecule has 0 aromatic heterocycles. The second-order valence-electron chi connectivity index (χ2n) is 6.18. The Morgan fingerprint density at radius 3 is 1.22 bits per heavy atom. The maximum Gasteiger partial charge on any atom is 0.195 e. The second kappa shape index (κ2) is 8.46. The Hall–Kier alpha value is -3.19. The monoisotopic (exact) mass is 352 g/mol. The molecule has 3 aromatic rings. The summed E-state index contributed by atoms with van der Waals surface area (Å²) >= 11 is 0. The number of ketones is 1.